The van der Waals surface area contributed by atoms with Crippen LogP contribution in [0, 0.1) is 30.1 Å². The second-order valence-electron chi connectivity index (χ2n) is 7.89. The quantitative estimate of drug-likeness (QED) is 0.431. The van der Waals surface area contributed by atoms with Gasteiger partial charge in [0.15, 0.2) is 6.10 Å². The summed E-state index contributed by atoms with van der Waals surface area (Å²) in [5.74, 6) is 1.35. The van der Waals surface area contributed by atoms with Crippen LogP contribution in [0.4, 0.5) is 0 Å². The summed E-state index contributed by atoms with van der Waals surface area (Å²) in [5, 5.41) is 0. The molecule has 4 atom stereocenters. The number of piperidine rings is 1. The molecule has 0 unspecified atom stereocenters. The minimum absolute atomic E-state index is 0.0263. The van der Waals surface area contributed by atoms with Crippen LogP contribution in [0.15, 0.2) is 72.8 Å². The van der Waals surface area contributed by atoms with Gasteiger partial charge in [-0.1, -0.05) is 78.7 Å². The zero-order valence-corrected chi connectivity index (χ0v) is 16.8. The number of esters is 1. The molecule has 1 heterocycles. The van der Waals surface area contributed by atoms with Gasteiger partial charge in [-0.25, -0.2) is 0 Å². The molecular weight excluding hydrogens is 374 g/mol. The highest BCUT2D eigenvalue weighted by Crippen LogP contribution is 2.39. The third-order valence-corrected chi connectivity index (χ3v) is 6.00. The molecule has 0 saturated carbocycles. The molecular formula is C26H25NO3. The summed E-state index contributed by atoms with van der Waals surface area (Å²) >= 11 is 0. The highest BCUT2D eigenvalue weighted by molar-refractivity contribution is 5.87. The highest BCUT2D eigenvalue weighted by Gasteiger charge is 2.45. The molecule has 152 valence electrons. The molecule has 0 spiro atoms. The van der Waals surface area contributed by atoms with Crippen LogP contribution in [0.2, 0.25) is 0 Å². The zero-order valence-electron chi connectivity index (χ0n) is 16.8. The van der Waals surface area contributed by atoms with E-state index >= 15 is 0 Å². The largest absolute Gasteiger partial charge is 0.444 e. The highest BCUT2D eigenvalue weighted by atomic mass is 16.5. The number of nitrogens with zero attached hydrogens (tertiary/aromatic N) is 1. The summed E-state index contributed by atoms with van der Waals surface area (Å²) in [6.45, 7) is 1.25. The van der Waals surface area contributed by atoms with Crippen molar-refractivity contribution in [2.75, 3.05) is 6.54 Å². The number of benzene rings is 2. The minimum atomic E-state index is -0.748. The molecule has 1 aliphatic heterocycles. The molecule has 4 heteroatoms. The van der Waals surface area contributed by atoms with Gasteiger partial charge < -0.3 is 9.64 Å². The molecule has 0 bridgehead atoms. The zero-order chi connectivity index (χ0) is 20.9. The lowest BCUT2D eigenvalue weighted by Gasteiger charge is -2.41. The van der Waals surface area contributed by atoms with E-state index in [4.69, 9.17) is 11.2 Å². The molecule has 0 N–H and O–H groups in total. The Labute approximate surface area is 177 Å². The first-order valence-electron chi connectivity index (χ1n) is 10.4. The molecule has 1 aliphatic carbocycles. The van der Waals surface area contributed by atoms with Gasteiger partial charge in [-0.15, -0.1) is 6.42 Å². The van der Waals surface area contributed by atoms with Gasteiger partial charge in [0.1, 0.15) is 0 Å². The van der Waals surface area contributed by atoms with Crippen LogP contribution in [0.25, 0.3) is 0 Å². The predicted octanol–water partition coefficient (Wildman–Crippen LogP) is 4.15. The van der Waals surface area contributed by atoms with Crippen molar-refractivity contribution in [1.82, 2.24) is 4.90 Å². The number of rotatable bonds is 5. The van der Waals surface area contributed by atoms with Gasteiger partial charge in [0.05, 0.1) is 11.8 Å². The monoisotopic (exact) mass is 399 g/mol. The van der Waals surface area contributed by atoms with Crippen molar-refractivity contribution in [1.29, 1.82) is 0 Å². The van der Waals surface area contributed by atoms with E-state index in [1.165, 1.54) is 0 Å². The van der Waals surface area contributed by atoms with Gasteiger partial charge in [-0.05, 0) is 24.3 Å². The first-order valence-corrected chi connectivity index (χ1v) is 10.4. The predicted molar refractivity (Wildman–Crippen MR) is 115 cm³/mol. The molecule has 2 aromatic carbocycles. The Balaban J connectivity index is 1.50. The molecule has 4 nitrogen and oxygen atoms in total. The van der Waals surface area contributed by atoms with Gasteiger partial charge in [-0.2, -0.15) is 0 Å². The lowest BCUT2D eigenvalue weighted by Crippen LogP contribution is -2.50. The Morgan fingerprint density at radius 2 is 1.83 bits per heavy atom. The maximum Gasteiger partial charge on any atom is 0.311 e. The Bertz CT molecular complexity index is 961. The normalized spacial score (nSPS) is 23.9. The molecule has 1 saturated heterocycles. The van der Waals surface area contributed by atoms with Gasteiger partial charge in [-0.3, -0.25) is 9.59 Å². The van der Waals surface area contributed by atoms with Crippen molar-refractivity contribution in [3.8, 4) is 12.3 Å². The number of hydrogen-bond acceptors (Lipinski definition) is 3. The van der Waals surface area contributed by atoms with Crippen molar-refractivity contribution < 1.29 is 14.3 Å². The summed E-state index contributed by atoms with van der Waals surface area (Å²) in [4.78, 5) is 28.3. The number of carbonyl (C=O) groups is 2. The van der Waals surface area contributed by atoms with E-state index in [2.05, 4.69) is 12.0 Å². The number of terminal acetylenes is 1. The number of ether oxygens (including phenoxy) is 1. The fourth-order valence-corrected chi connectivity index (χ4v) is 4.45. The van der Waals surface area contributed by atoms with Crippen LogP contribution in [-0.4, -0.2) is 23.3 Å². The smallest absolute Gasteiger partial charge is 0.311 e. The molecule has 2 aromatic rings. The minimum Gasteiger partial charge on any atom is -0.444 e. The average Bonchev–Trinajstić information content (AvgIpc) is 2.80. The van der Waals surface area contributed by atoms with Crippen LogP contribution in [-0.2, 0) is 20.9 Å². The van der Waals surface area contributed by atoms with Crippen molar-refractivity contribution in [3.63, 3.8) is 0 Å². The van der Waals surface area contributed by atoms with Crippen LogP contribution in [0.5, 0.6) is 0 Å². The fraction of sp³-hybridized carbons (Fsp3) is 0.308. The van der Waals surface area contributed by atoms with E-state index in [1.807, 2.05) is 71.6 Å². The first-order chi connectivity index (χ1) is 14.7. The molecule has 30 heavy (non-hydrogen) atoms. The molecule has 1 amide bonds. The van der Waals surface area contributed by atoms with E-state index in [0.29, 0.717) is 19.5 Å². The Kier molecular flexibility index (Phi) is 5.99. The second-order valence-corrected chi connectivity index (χ2v) is 7.89. The maximum atomic E-state index is 13.3. The summed E-state index contributed by atoms with van der Waals surface area (Å²) in [6, 6.07) is 19.2. The first kappa shape index (κ1) is 20.0. The van der Waals surface area contributed by atoms with Crippen molar-refractivity contribution in [2.45, 2.75) is 25.5 Å². The lowest BCUT2D eigenvalue weighted by atomic mass is 9.71. The van der Waals surface area contributed by atoms with Crippen LogP contribution < -0.4 is 0 Å². The van der Waals surface area contributed by atoms with Crippen molar-refractivity contribution >= 4 is 11.9 Å². The van der Waals surface area contributed by atoms with Crippen molar-refractivity contribution in [2.24, 2.45) is 17.8 Å². The number of likely N-dealkylation sites (tertiary alicyclic amines) is 1. The van der Waals surface area contributed by atoms with E-state index < -0.39 is 23.9 Å². The van der Waals surface area contributed by atoms with Gasteiger partial charge >= 0.3 is 5.97 Å². The SMILES string of the molecule is C#C[C@@H](OC(=O)[C@@H]1CC=C[C@@H]2CCN(Cc3ccccc3)C(=O)[C@@H]21)c1ccccc1. The third kappa shape index (κ3) is 4.16. The lowest BCUT2D eigenvalue weighted by molar-refractivity contribution is -0.161. The molecule has 4 rings (SSSR count). The van der Waals surface area contributed by atoms with Gasteiger partial charge in [0.25, 0.3) is 0 Å². The molecule has 0 aromatic heterocycles. The summed E-state index contributed by atoms with van der Waals surface area (Å²) in [7, 11) is 0. The number of carbonyl (C=O) groups excluding carboxylic acids is 2. The fourth-order valence-electron chi connectivity index (χ4n) is 4.45. The number of amides is 1. The number of allylic oxidation sites excluding steroid dienone is 2. The number of fused-ring (bicyclic) bond motifs is 1. The summed E-state index contributed by atoms with van der Waals surface area (Å²) < 4.78 is 5.70. The van der Waals surface area contributed by atoms with E-state index in [1.54, 1.807) is 0 Å². The third-order valence-electron chi connectivity index (χ3n) is 6.00. The second kappa shape index (κ2) is 9.00. The van der Waals surface area contributed by atoms with E-state index in [9.17, 15) is 9.59 Å². The average molecular weight is 399 g/mol. The molecule has 2 aliphatic rings. The molecule has 0 radical (unpaired) electrons. The Morgan fingerprint density at radius 3 is 2.53 bits per heavy atom. The molecule has 1 fully saturated rings. The summed E-state index contributed by atoms with van der Waals surface area (Å²) in [5.41, 5.74) is 1.85. The van der Waals surface area contributed by atoms with Crippen molar-refractivity contribution in [3.05, 3.63) is 83.9 Å². The Morgan fingerprint density at radius 1 is 1.13 bits per heavy atom. The summed E-state index contributed by atoms with van der Waals surface area (Å²) in [6.07, 6.45) is 10.3. The standard InChI is InChI=1S/C26H25NO3/c1-2-23(20-12-7-4-8-13-20)30-26(29)22-15-9-14-21-16-17-27(25(28)24(21)22)18-19-10-5-3-6-11-19/h1,3-14,21-24H,15-18H2/t21-,22-,23-,24+/m1/s1. The van der Waals surface area contributed by atoms with Gasteiger partial charge in [0, 0.05) is 18.7 Å². The maximum absolute atomic E-state index is 13.3. The Hall–Kier alpha value is -3.32. The van der Waals surface area contributed by atoms with Gasteiger partial charge in [0.2, 0.25) is 5.91 Å². The van der Waals surface area contributed by atoms with E-state index in [0.717, 1.165) is 17.5 Å². The van der Waals surface area contributed by atoms with Crippen LogP contribution in [0.1, 0.15) is 30.1 Å². The topological polar surface area (TPSA) is 46.6 Å². The van der Waals surface area contributed by atoms with Crippen LogP contribution in [0.3, 0.4) is 0 Å². The van der Waals surface area contributed by atoms with Crippen LogP contribution >= 0.6 is 0 Å². The van der Waals surface area contributed by atoms with E-state index in [-0.39, 0.29) is 11.8 Å². The number of hydrogen-bond donors (Lipinski definition) is 0.